The molecule has 0 atom stereocenters. The molecule has 0 aliphatic carbocycles. The molecule has 206 valence electrons. The maximum atomic E-state index is 12.5. The van der Waals surface area contributed by atoms with E-state index in [4.69, 9.17) is 9.72 Å². The Morgan fingerprint density at radius 3 is 1.75 bits per heavy atom. The van der Waals surface area contributed by atoms with Crippen LogP contribution in [0.15, 0.2) is 103 Å². The molecule has 1 fully saturated rings. The quantitative estimate of drug-likeness (QED) is 0.239. The van der Waals surface area contributed by atoms with E-state index in [0.717, 1.165) is 24.2 Å². The van der Waals surface area contributed by atoms with Gasteiger partial charge in [-0.2, -0.15) is 0 Å². The molecule has 0 unspecified atom stereocenters. The number of carbonyl (C=O) groups is 1. The van der Waals surface area contributed by atoms with Crippen molar-refractivity contribution in [1.82, 2.24) is 14.5 Å². The number of benzene rings is 3. The summed E-state index contributed by atoms with van der Waals surface area (Å²) in [6.07, 6.45) is 8.01. The third kappa shape index (κ3) is 5.60. The zero-order valence-corrected chi connectivity index (χ0v) is 24.0. The Morgan fingerprint density at radius 2 is 1.30 bits per heavy atom. The zero-order valence-electron chi connectivity index (χ0n) is 24.0. The molecular formula is C35H39N3O2. The lowest BCUT2D eigenvalue weighted by molar-refractivity contribution is 0.0197. The second kappa shape index (κ2) is 11.5. The van der Waals surface area contributed by atoms with E-state index in [1.54, 1.807) is 0 Å². The molecule has 1 aromatic heterocycles. The molecule has 5 nitrogen and oxygen atoms in total. The molecule has 3 aromatic carbocycles. The number of amides is 1. The maximum absolute atomic E-state index is 12.5. The number of aromatic nitrogens is 2. The van der Waals surface area contributed by atoms with E-state index in [9.17, 15) is 4.79 Å². The van der Waals surface area contributed by atoms with Crippen LogP contribution in [-0.4, -0.2) is 39.2 Å². The van der Waals surface area contributed by atoms with Crippen LogP contribution in [0.25, 0.3) is 6.08 Å². The van der Waals surface area contributed by atoms with Gasteiger partial charge in [-0.05, 0) is 69.2 Å². The summed E-state index contributed by atoms with van der Waals surface area (Å²) in [6.45, 7) is 9.28. The fourth-order valence-electron chi connectivity index (χ4n) is 5.71. The van der Waals surface area contributed by atoms with Crippen molar-refractivity contribution >= 4 is 12.2 Å². The van der Waals surface area contributed by atoms with Gasteiger partial charge in [0.2, 0.25) is 0 Å². The predicted octanol–water partition coefficient (Wildman–Crippen LogP) is 7.69. The minimum Gasteiger partial charge on any atom is -0.444 e. The van der Waals surface area contributed by atoms with E-state index in [1.807, 2.05) is 32.0 Å². The van der Waals surface area contributed by atoms with E-state index in [-0.39, 0.29) is 6.09 Å². The minimum absolute atomic E-state index is 0.219. The molecule has 0 spiro atoms. The molecule has 40 heavy (non-hydrogen) atoms. The average molecular weight is 534 g/mol. The van der Waals surface area contributed by atoms with Crippen molar-refractivity contribution in [2.75, 3.05) is 13.1 Å². The summed E-state index contributed by atoms with van der Waals surface area (Å²) in [5.74, 6) is 0.394. The third-order valence-corrected chi connectivity index (χ3v) is 7.70. The highest BCUT2D eigenvalue weighted by atomic mass is 16.6. The fraction of sp³-hybridized carbons (Fsp3) is 0.314. The Morgan fingerprint density at radius 1 is 0.825 bits per heavy atom. The van der Waals surface area contributed by atoms with Gasteiger partial charge in [-0.15, -0.1) is 0 Å². The number of nitrogens with zero attached hydrogens (tertiary/aromatic N) is 3. The molecule has 5 heteroatoms. The SMILES string of the molecule is Cc1c(/C=C\C2CCN(C(=O)OC(C)(C)C)CC2)ncn1C(c1ccccc1)(c1ccccc1)c1ccccc1. The Labute approximate surface area is 238 Å². The van der Waals surface area contributed by atoms with Crippen molar-refractivity contribution in [2.24, 2.45) is 5.92 Å². The van der Waals surface area contributed by atoms with Gasteiger partial charge in [0.25, 0.3) is 0 Å². The van der Waals surface area contributed by atoms with E-state index >= 15 is 0 Å². The molecule has 1 amide bonds. The summed E-state index contributed by atoms with van der Waals surface area (Å²) >= 11 is 0. The molecule has 0 radical (unpaired) electrons. The highest BCUT2D eigenvalue weighted by molar-refractivity contribution is 5.68. The zero-order chi connectivity index (χ0) is 28.2. The number of carbonyl (C=O) groups excluding carboxylic acids is 1. The van der Waals surface area contributed by atoms with Crippen molar-refractivity contribution < 1.29 is 9.53 Å². The van der Waals surface area contributed by atoms with Crippen molar-refractivity contribution in [3.8, 4) is 0 Å². The van der Waals surface area contributed by atoms with E-state index < -0.39 is 11.1 Å². The molecule has 1 saturated heterocycles. The van der Waals surface area contributed by atoms with Crippen molar-refractivity contribution in [2.45, 2.75) is 51.7 Å². The highest BCUT2D eigenvalue weighted by Gasteiger charge is 2.39. The number of likely N-dealkylation sites (tertiary alicyclic amines) is 1. The van der Waals surface area contributed by atoms with Crippen LogP contribution in [0.2, 0.25) is 0 Å². The van der Waals surface area contributed by atoms with Crippen LogP contribution < -0.4 is 0 Å². The van der Waals surface area contributed by atoms with Crippen LogP contribution >= 0.6 is 0 Å². The van der Waals surface area contributed by atoms with Crippen LogP contribution in [-0.2, 0) is 10.3 Å². The second-order valence-corrected chi connectivity index (χ2v) is 11.6. The minimum atomic E-state index is -0.578. The summed E-state index contributed by atoms with van der Waals surface area (Å²) in [5, 5.41) is 0. The average Bonchev–Trinajstić information content (AvgIpc) is 3.33. The number of piperidine rings is 1. The lowest BCUT2D eigenvalue weighted by atomic mass is 9.76. The lowest BCUT2D eigenvalue weighted by Gasteiger charge is -2.38. The largest absolute Gasteiger partial charge is 0.444 e. The number of ether oxygens (including phenoxy) is 1. The first-order valence-corrected chi connectivity index (χ1v) is 14.2. The third-order valence-electron chi connectivity index (χ3n) is 7.70. The summed E-state index contributed by atoms with van der Waals surface area (Å²) < 4.78 is 7.87. The summed E-state index contributed by atoms with van der Waals surface area (Å²) in [7, 11) is 0. The van der Waals surface area contributed by atoms with Crippen molar-refractivity contribution in [3.63, 3.8) is 0 Å². The Bertz CT molecular complexity index is 1330. The van der Waals surface area contributed by atoms with Gasteiger partial charge in [-0.25, -0.2) is 9.78 Å². The maximum Gasteiger partial charge on any atom is 0.410 e. The molecule has 1 aliphatic heterocycles. The molecule has 0 bridgehead atoms. The summed E-state index contributed by atoms with van der Waals surface area (Å²) in [6, 6.07) is 32.0. The molecule has 0 saturated carbocycles. The van der Waals surface area contributed by atoms with Gasteiger partial charge in [-0.3, -0.25) is 0 Å². The Balaban J connectivity index is 1.47. The van der Waals surface area contributed by atoms with Gasteiger partial charge in [0.05, 0.1) is 12.0 Å². The highest BCUT2D eigenvalue weighted by Crippen LogP contribution is 2.42. The molecular weight excluding hydrogens is 494 g/mol. The number of imidazole rings is 1. The van der Waals surface area contributed by atoms with Gasteiger partial charge < -0.3 is 14.2 Å². The molecule has 1 aliphatic rings. The van der Waals surface area contributed by atoms with Gasteiger partial charge in [0, 0.05) is 18.8 Å². The standard InChI is InChI=1S/C35H39N3O2/c1-27-32(21-20-28-22-24-37(25-23-28)33(39)40-34(2,3)4)36-26-38(27)35(29-14-8-5-9-15-29,30-16-10-6-11-17-30)31-18-12-7-13-19-31/h5-21,26,28H,22-25H2,1-4H3/b21-20-. The lowest BCUT2D eigenvalue weighted by Crippen LogP contribution is -2.41. The van der Waals surface area contributed by atoms with E-state index in [0.29, 0.717) is 19.0 Å². The van der Waals surface area contributed by atoms with Crippen LogP contribution in [0.5, 0.6) is 0 Å². The van der Waals surface area contributed by atoms with Crippen molar-refractivity contribution in [1.29, 1.82) is 0 Å². The van der Waals surface area contributed by atoms with Gasteiger partial charge in [0.1, 0.15) is 11.1 Å². The first-order chi connectivity index (χ1) is 19.3. The van der Waals surface area contributed by atoms with E-state index in [2.05, 4.69) is 115 Å². The number of hydrogen-bond acceptors (Lipinski definition) is 3. The Kier molecular flexibility index (Phi) is 7.92. The Hall–Kier alpha value is -4.12. The van der Waals surface area contributed by atoms with Crippen molar-refractivity contribution in [3.05, 3.63) is 131 Å². The summed E-state index contributed by atoms with van der Waals surface area (Å²) in [5.41, 5.74) is 4.54. The van der Waals surface area contributed by atoms with Crippen LogP contribution in [0.1, 0.15) is 61.7 Å². The van der Waals surface area contributed by atoms with Crippen LogP contribution in [0, 0.1) is 12.8 Å². The first-order valence-electron chi connectivity index (χ1n) is 14.2. The number of allylic oxidation sites excluding steroid dienone is 1. The molecule has 5 rings (SSSR count). The second-order valence-electron chi connectivity index (χ2n) is 11.6. The predicted molar refractivity (Wildman–Crippen MR) is 161 cm³/mol. The van der Waals surface area contributed by atoms with Crippen LogP contribution in [0.4, 0.5) is 4.79 Å². The topological polar surface area (TPSA) is 47.4 Å². The fourth-order valence-corrected chi connectivity index (χ4v) is 5.71. The normalized spacial score (nSPS) is 14.9. The van der Waals surface area contributed by atoms with Crippen LogP contribution in [0.3, 0.4) is 0 Å². The first kappa shape index (κ1) is 27.4. The molecule has 4 aromatic rings. The smallest absolute Gasteiger partial charge is 0.410 e. The number of rotatable bonds is 6. The van der Waals surface area contributed by atoms with E-state index in [1.165, 1.54) is 16.7 Å². The van der Waals surface area contributed by atoms with Gasteiger partial charge >= 0.3 is 6.09 Å². The number of hydrogen-bond donors (Lipinski definition) is 0. The molecule has 2 heterocycles. The monoisotopic (exact) mass is 533 g/mol. The summed E-state index contributed by atoms with van der Waals surface area (Å²) in [4.78, 5) is 19.2. The molecule has 0 N–H and O–H groups in total. The van der Waals surface area contributed by atoms with Gasteiger partial charge in [-0.1, -0.05) is 97.1 Å². The van der Waals surface area contributed by atoms with Gasteiger partial charge in [0.15, 0.2) is 0 Å².